The van der Waals surface area contributed by atoms with E-state index in [1.54, 1.807) is 43.5 Å². The van der Waals surface area contributed by atoms with Crippen LogP contribution >= 0.6 is 0 Å². The SMILES string of the molecule is CNC(=O)COc1ccc(/C=C/C(=O)c2ccccc2)cc1OC. The molecule has 124 valence electrons. The Bertz CT molecular complexity index is 738. The summed E-state index contributed by atoms with van der Waals surface area (Å²) in [6.45, 7) is -0.0888. The van der Waals surface area contributed by atoms with Gasteiger partial charge in [-0.15, -0.1) is 0 Å². The van der Waals surface area contributed by atoms with Crippen LogP contribution in [0.25, 0.3) is 6.08 Å². The highest BCUT2D eigenvalue weighted by Gasteiger charge is 2.07. The monoisotopic (exact) mass is 325 g/mol. The number of rotatable bonds is 7. The highest BCUT2D eigenvalue weighted by Crippen LogP contribution is 2.28. The van der Waals surface area contributed by atoms with Crippen LogP contribution in [0.2, 0.25) is 0 Å². The molecule has 0 aliphatic rings. The van der Waals surface area contributed by atoms with Crippen molar-refractivity contribution >= 4 is 17.8 Å². The van der Waals surface area contributed by atoms with Crippen molar-refractivity contribution < 1.29 is 19.1 Å². The Hall–Kier alpha value is -3.08. The van der Waals surface area contributed by atoms with Crippen molar-refractivity contribution in [3.63, 3.8) is 0 Å². The molecular weight excluding hydrogens is 306 g/mol. The molecule has 5 nitrogen and oxygen atoms in total. The molecule has 0 unspecified atom stereocenters. The molecule has 2 rings (SSSR count). The highest BCUT2D eigenvalue weighted by molar-refractivity contribution is 6.06. The first-order valence-electron chi connectivity index (χ1n) is 7.43. The number of nitrogens with one attached hydrogen (secondary N) is 1. The molecule has 5 heteroatoms. The van der Waals surface area contributed by atoms with Gasteiger partial charge >= 0.3 is 0 Å². The minimum absolute atomic E-state index is 0.0745. The molecule has 0 radical (unpaired) electrons. The van der Waals surface area contributed by atoms with Crippen LogP contribution in [0.3, 0.4) is 0 Å². The van der Waals surface area contributed by atoms with Crippen molar-refractivity contribution in [2.45, 2.75) is 0 Å². The molecule has 0 fully saturated rings. The Morgan fingerprint density at radius 2 is 1.83 bits per heavy atom. The van der Waals surface area contributed by atoms with Gasteiger partial charge in [0.25, 0.3) is 5.91 Å². The lowest BCUT2D eigenvalue weighted by atomic mass is 10.1. The smallest absolute Gasteiger partial charge is 0.257 e. The minimum atomic E-state index is -0.227. The van der Waals surface area contributed by atoms with Gasteiger partial charge in [-0.2, -0.15) is 0 Å². The van der Waals surface area contributed by atoms with E-state index < -0.39 is 0 Å². The van der Waals surface area contributed by atoms with Gasteiger partial charge in [0.05, 0.1) is 7.11 Å². The quantitative estimate of drug-likeness (QED) is 0.628. The minimum Gasteiger partial charge on any atom is -0.493 e. The second-order valence-corrected chi connectivity index (χ2v) is 4.94. The predicted octanol–water partition coefficient (Wildman–Crippen LogP) is 2.72. The van der Waals surface area contributed by atoms with Crippen molar-refractivity contribution in [1.82, 2.24) is 5.32 Å². The van der Waals surface area contributed by atoms with Gasteiger partial charge in [0.2, 0.25) is 0 Å². The molecule has 1 N–H and O–H groups in total. The fraction of sp³-hybridized carbons (Fsp3) is 0.158. The first kappa shape index (κ1) is 17.3. The van der Waals surface area contributed by atoms with Crippen LogP contribution in [0.4, 0.5) is 0 Å². The average Bonchev–Trinajstić information content (AvgIpc) is 2.64. The fourth-order valence-electron chi connectivity index (χ4n) is 1.99. The molecule has 24 heavy (non-hydrogen) atoms. The molecule has 0 heterocycles. The van der Waals surface area contributed by atoms with E-state index >= 15 is 0 Å². The maximum atomic E-state index is 12.1. The van der Waals surface area contributed by atoms with Crippen LogP contribution in [-0.2, 0) is 4.79 Å². The number of amides is 1. The van der Waals surface area contributed by atoms with E-state index in [9.17, 15) is 9.59 Å². The lowest BCUT2D eigenvalue weighted by Gasteiger charge is -2.10. The van der Waals surface area contributed by atoms with Gasteiger partial charge in [-0.25, -0.2) is 0 Å². The second-order valence-electron chi connectivity index (χ2n) is 4.94. The maximum absolute atomic E-state index is 12.1. The molecule has 0 bridgehead atoms. The predicted molar refractivity (Wildman–Crippen MR) is 92.4 cm³/mol. The van der Waals surface area contributed by atoms with E-state index in [1.807, 2.05) is 18.2 Å². The van der Waals surface area contributed by atoms with Gasteiger partial charge in [0.15, 0.2) is 23.9 Å². The zero-order valence-corrected chi connectivity index (χ0v) is 13.6. The Balaban J connectivity index is 2.10. The Morgan fingerprint density at radius 1 is 1.08 bits per heavy atom. The van der Waals surface area contributed by atoms with E-state index in [1.165, 1.54) is 13.2 Å². The molecule has 0 aliphatic heterocycles. The van der Waals surface area contributed by atoms with E-state index in [0.717, 1.165) is 5.56 Å². The Morgan fingerprint density at radius 3 is 2.50 bits per heavy atom. The Labute approximate surface area is 140 Å². The van der Waals surface area contributed by atoms with Gasteiger partial charge in [0, 0.05) is 12.6 Å². The molecule has 0 aromatic heterocycles. The summed E-state index contributed by atoms with van der Waals surface area (Å²) in [7, 11) is 3.06. The third kappa shape index (κ3) is 4.71. The summed E-state index contributed by atoms with van der Waals surface area (Å²) in [5, 5.41) is 2.48. The van der Waals surface area contributed by atoms with Crippen LogP contribution in [0.1, 0.15) is 15.9 Å². The normalized spacial score (nSPS) is 10.4. The fourth-order valence-corrected chi connectivity index (χ4v) is 1.99. The van der Waals surface area contributed by atoms with Crippen LogP contribution in [-0.4, -0.2) is 32.5 Å². The van der Waals surface area contributed by atoms with Crippen molar-refractivity contribution in [2.75, 3.05) is 20.8 Å². The molecule has 0 spiro atoms. The summed E-state index contributed by atoms with van der Waals surface area (Å²) in [4.78, 5) is 23.3. The molecule has 2 aromatic rings. The van der Waals surface area contributed by atoms with Gasteiger partial charge in [-0.1, -0.05) is 42.5 Å². The van der Waals surface area contributed by atoms with Crippen molar-refractivity contribution in [3.8, 4) is 11.5 Å². The Kier molecular flexibility index (Phi) is 6.14. The lowest BCUT2D eigenvalue weighted by Crippen LogP contribution is -2.24. The lowest BCUT2D eigenvalue weighted by molar-refractivity contribution is -0.122. The first-order chi connectivity index (χ1) is 11.6. The molecule has 2 aromatic carbocycles. The van der Waals surface area contributed by atoms with Crippen molar-refractivity contribution in [3.05, 3.63) is 65.7 Å². The van der Waals surface area contributed by atoms with Crippen molar-refractivity contribution in [2.24, 2.45) is 0 Å². The molecule has 0 saturated carbocycles. The number of ketones is 1. The molecule has 0 saturated heterocycles. The van der Waals surface area contributed by atoms with Crippen LogP contribution in [0.15, 0.2) is 54.6 Å². The second kappa shape index (κ2) is 8.53. The third-order valence-electron chi connectivity index (χ3n) is 3.31. The molecule has 0 aliphatic carbocycles. The van der Waals surface area contributed by atoms with Gasteiger partial charge in [0.1, 0.15) is 0 Å². The number of hydrogen-bond donors (Lipinski definition) is 1. The van der Waals surface area contributed by atoms with Gasteiger partial charge in [-0.3, -0.25) is 9.59 Å². The standard InChI is InChI=1S/C19H19NO4/c1-20-19(22)13-24-17-11-9-14(12-18(17)23-2)8-10-16(21)15-6-4-3-5-7-15/h3-12H,13H2,1-2H3,(H,20,22)/b10-8+. The van der Waals surface area contributed by atoms with E-state index in [2.05, 4.69) is 5.32 Å². The highest BCUT2D eigenvalue weighted by atomic mass is 16.5. The van der Waals surface area contributed by atoms with Crippen LogP contribution in [0, 0.1) is 0 Å². The number of hydrogen-bond acceptors (Lipinski definition) is 4. The summed E-state index contributed by atoms with van der Waals surface area (Å²) < 4.78 is 10.7. The summed E-state index contributed by atoms with van der Waals surface area (Å²) in [6, 6.07) is 14.3. The summed E-state index contributed by atoms with van der Waals surface area (Å²) in [5.41, 5.74) is 1.43. The number of allylic oxidation sites excluding steroid dienone is 1. The number of benzene rings is 2. The number of carbonyl (C=O) groups excluding carboxylic acids is 2. The van der Waals surface area contributed by atoms with Crippen LogP contribution in [0.5, 0.6) is 11.5 Å². The first-order valence-corrected chi connectivity index (χ1v) is 7.43. The molecular formula is C19H19NO4. The van der Waals surface area contributed by atoms with Gasteiger partial charge < -0.3 is 14.8 Å². The zero-order chi connectivity index (χ0) is 17.4. The van der Waals surface area contributed by atoms with E-state index in [0.29, 0.717) is 17.1 Å². The van der Waals surface area contributed by atoms with Crippen molar-refractivity contribution in [1.29, 1.82) is 0 Å². The number of ether oxygens (including phenoxy) is 2. The average molecular weight is 325 g/mol. The topological polar surface area (TPSA) is 64.6 Å². The van der Waals surface area contributed by atoms with Crippen LogP contribution < -0.4 is 14.8 Å². The summed E-state index contributed by atoms with van der Waals surface area (Å²) in [6.07, 6.45) is 3.22. The molecule has 1 amide bonds. The number of methoxy groups -OCH3 is 1. The maximum Gasteiger partial charge on any atom is 0.257 e. The van der Waals surface area contributed by atoms with E-state index in [-0.39, 0.29) is 18.3 Å². The number of carbonyl (C=O) groups is 2. The largest absolute Gasteiger partial charge is 0.493 e. The zero-order valence-electron chi connectivity index (χ0n) is 13.6. The number of likely N-dealkylation sites (N-methyl/N-ethyl adjacent to an activating group) is 1. The summed E-state index contributed by atoms with van der Waals surface area (Å²) in [5.74, 6) is 0.657. The summed E-state index contributed by atoms with van der Waals surface area (Å²) >= 11 is 0. The molecule has 0 atom stereocenters. The van der Waals surface area contributed by atoms with Gasteiger partial charge in [-0.05, 0) is 23.8 Å². The van der Waals surface area contributed by atoms with E-state index in [4.69, 9.17) is 9.47 Å². The third-order valence-corrected chi connectivity index (χ3v) is 3.31.